The number of nitrogens with zero attached hydrogens (tertiary/aromatic N) is 2. The van der Waals surface area contributed by atoms with E-state index in [0.29, 0.717) is 0 Å². The minimum absolute atomic E-state index is 0.143. The lowest BCUT2D eigenvalue weighted by molar-refractivity contribution is 0.583. The fourth-order valence-corrected chi connectivity index (χ4v) is 2.38. The molecule has 0 unspecified atom stereocenters. The van der Waals surface area contributed by atoms with Crippen LogP contribution in [-0.4, -0.2) is 18.0 Å². The average molecular weight is 255 g/mol. The quantitative estimate of drug-likeness (QED) is 0.842. The second-order valence-corrected chi connectivity index (χ2v) is 5.17. The number of halogens is 1. The molecule has 2 rings (SSSR count). The van der Waals surface area contributed by atoms with Crippen molar-refractivity contribution < 1.29 is 12.8 Å². The van der Waals surface area contributed by atoms with Gasteiger partial charge in [-0.3, -0.25) is 4.72 Å². The highest BCUT2D eigenvalue weighted by Gasteiger charge is 2.15. The van der Waals surface area contributed by atoms with Crippen molar-refractivity contribution in [2.75, 3.05) is 4.72 Å². The van der Waals surface area contributed by atoms with Gasteiger partial charge in [0.05, 0.1) is 11.9 Å². The van der Waals surface area contributed by atoms with Crippen LogP contribution in [0.15, 0.2) is 41.7 Å². The summed E-state index contributed by atoms with van der Waals surface area (Å²) in [7, 11) is -1.92. The molecule has 7 heteroatoms. The van der Waals surface area contributed by atoms with Crippen molar-refractivity contribution in [1.29, 1.82) is 0 Å². The van der Waals surface area contributed by atoms with Gasteiger partial charge in [-0.25, -0.2) is 13.4 Å². The summed E-state index contributed by atoms with van der Waals surface area (Å²) < 4.78 is 40.2. The Kier molecular flexibility index (Phi) is 2.84. The molecule has 17 heavy (non-hydrogen) atoms. The summed E-state index contributed by atoms with van der Waals surface area (Å²) in [4.78, 5) is 3.51. The third kappa shape index (κ3) is 2.62. The molecule has 0 aliphatic carbocycles. The van der Waals surface area contributed by atoms with Crippen LogP contribution in [0.5, 0.6) is 0 Å². The van der Waals surface area contributed by atoms with E-state index in [-0.39, 0.29) is 10.6 Å². The van der Waals surface area contributed by atoms with Crippen molar-refractivity contribution in [3.8, 4) is 0 Å². The lowest BCUT2D eigenvalue weighted by atomic mass is 10.4. The molecule has 2 heterocycles. The van der Waals surface area contributed by atoms with Gasteiger partial charge in [-0.1, -0.05) is 0 Å². The molecule has 0 aromatic carbocycles. The van der Waals surface area contributed by atoms with E-state index >= 15 is 0 Å². The normalized spacial score (nSPS) is 11.4. The Balaban J connectivity index is 2.26. The fraction of sp³-hybridized carbons (Fsp3) is 0.100. The van der Waals surface area contributed by atoms with E-state index in [1.165, 1.54) is 18.3 Å². The Morgan fingerprint density at radius 1 is 1.35 bits per heavy atom. The zero-order valence-corrected chi connectivity index (χ0v) is 9.78. The first-order valence-electron chi connectivity index (χ1n) is 4.74. The first kappa shape index (κ1) is 11.6. The van der Waals surface area contributed by atoms with Gasteiger partial charge >= 0.3 is 0 Å². The van der Waals surface area contributed by atoms with E-state index in [2.05, 4.69) is 9.71 Å². The number of rotatable bonds is 3. The van der Waals surface area contributed by atoms with Gasteiger partial charge in [0.15, 0.2) is 0 Å². The molecular formula is C10H10FN3O2S. The lowest BCUT2D eigenvalue weighted by Gasteiger charge is -2.05. The molecule has 0 atom stereocenters. The SMILES string of the molecule is Cn1ccc(S(=O)(=O)Nc2ccc(F)nc2)c1. The minimum atomic E-state index is -3.64. The van der Waals surface area contributed by atoms with Gasteiger partial charge in [0.1, 0.15) is 4.90 Å². The molecule has 0 bridgehead atoms. The standard InChI is InChI=1S/C10H10FN3O2S/c1-14-5-4-9(7-14)17(15,16)13-8-2-3-10(11)12-6-8/h2-7,13H,1H3. The summed E-state index contributed by atoms with van der Waals surface area (Å²) in [5.74, 6) is -0.660. The van der Waals surface area contributed by atoms with Gasteiger partial charge < -0.3 is 4.57 Å². The van der Waals surface area contributed by atoms with E-state index in [1.54, 1.807) is 17.8 Å². The van der Waals surface area contributed by atoms with Gasteiger partial charge in [-0.15, -0.1) is 0 Å². The third-order valence-corrected chi connectivity index (χ3v) is 3.46. The first-order chi connectivity index (χ1) is 7.97. The van der Waals surface area contributed by atoms with E-state index in [9.17, 15) is 12.8 Å². The van der Waals surface area contributed by atoms with Crippen LogP contribution in [0, 0.1) is 5.95 Å². The smallest absolute Gasteiger partial charge is 0.263 e. The summed E-state index contributed by atoms with van der Waals surface area (Å²) in [5.41, 5.74) is 0.218. The highest BCUT2D eigenvalue weighted by atomic mass is 32.2. The molecule has 1 N–H and O–H groups in total. The molecule has 0 aliphatic rings. The maximum absolute atomic E-state index is 12.6. The average Bonchev–Trinajstić information content (AvgIpc) is 2.69. The highest BCUT2D eigenvalue weighted by Crippen LogP contribution is 2.15. The van der Waals surface area contributed by atoms with Crippen molar-refractivity contribution in [2.24, 2.45) is 7.05 Å². The van der Waals surface area contributed by atoms with Crippen LogP contribution >= 0.6 is 0 Å². The Bertz CT molecular complexity index is 619. The number of aryl methyl sites for hydroxylation is 1. The number of nitrogens with one attached hydrogen (secondary N) is 1. The topological polar surface area (TPSA) is 64.0 Å². The van der Waals surface area contributed by atoms with Crippen molar-refractivity contribution >= 4 is 15.7 Å². The fourth-order valence-electron chi connectivity index (χ4n) is 1.29. The maximum Gasteiger partial charge on any atom is 0.263 e. The molecule has 0 radical (unpaired) electrons. The number of hydrogen-bond donors (Lipinski definition) is 1. The summed E-state index contributed by atoms with van der Waals surface area (Å²) >= 11 is 0. The second-order valence-electron chi connectivity index (χ2n) is 3.49. The van der Waals surface area contributed by atoms with Crippen LogP contribution in [0.4, 0.5) is 10.1 Å². The Morgan fingerprint density at radius 2 is 2.12 bits per heavy atom. The van der Waals surface area contributed by atoms with Gasteiger partial charge in [0.2, 0.25) is 5.95 Å². The highest BCUT2D eigenvalue weighted by molar-refractivity contribution is 7.92. The van der Waals surface area contributed by atoms with Crippen molar-refractivity contribution in [3.05, 3.63) is 42.7 Å². The predicted molar refractivity (Wildman–Crippen MR) is 60.4 cm³/mol. The van der Waals surface area contributed by atoms with Gasteiger partial charge in [-0.05, 0) is 18.2 Å². The van der Waals surface area contributed by atoms with Crippen LogP contribution in [0.2, 0.25) is 0 Å². The van der Waals surface area contributed by atoms with Crippen LogP contribution in [0.25, 0.3) is 0 Å². The number of sulfonamides is 1. The van der Waals surface area contributed by atoms with Gasteiger partial charge in [0.25, 0.3) is 10.0 Å². The van der Waals surface area contributed by atoms with Gasteiger partial charge in [-0.2, -0.15) is 4.39 Å². The molecular weight excluding hydrogens is 245 g/mol. The Labute approximate surface area is 98.0 Å². The molecule has 0 amide bonds. The van der Waals surface area contributed by atoms with E-state index in [1.807, 2.05) is 0 Å². The number of aromatic nitrogens is 2. The number of hydrogen-bond acceptors (Lipinski definition) is 3. The van der Waals surface area contributed by atoms with Gasteiger partial charge in [0, 0.05) is 19.4 Å². The Morgan fingerprint density at radius 3 is 2.65 bits per heavy atom. The summed E-state index contributed by atoms with van der Waals surface area (Å²) in [6, 6.07) is 3.87. The van der Waals surface area contributed by atoms with Crippen LogP contribution in [-0.2, 0) is 17.1 Å². The molecule has 90 valence electrons. The second kappa shape index (κ2) is 4.17. The summed E-state index contributed by atoms with van der Waals surface area (Å²) in [6.45, 7) is 0. The molecule has 0 aliphatic heterocycles. The van der Waals surface area contributed by atoms with E-state index < -0.39 is 16.0 Å². The lowest BCUT2D eigenvalue weighted by Crippen LogP contribution is -2.12. The molecule has 0 saturated heterocycles. The molecule has 0 fully saturated rings. The van der Waals surface area contributed by atoms with Crippen LogP contribution in [0.1, 0.15) is 0 Å². The predicted octanol–water partition coefficient (Wildman–Crippen LogP) is 1.36. The molecule has 5 nitrogen and oxygen atoms in total. The molecule has 2 aromatic heterocycles. The van der Waals surface area contributed by atoms with Crippen LogP contribution in [0.3, 0.4) is 0 Å². The summed E-state index contributed by atoms with van der Waals surface area (Å²) in [6.07, 6.45) is 4.21. The summed E-state index contributed by atoms with van der Waals surface area (Å²) in [5, 5.41) is 0. The molecule has 2 aromatic rings. The first-order valence-corrected chi connectivity index (χ1v) is 6.22. The maximum atomic E-state index is 12.6. The zero-order chi connectivity index (χ0) is 12.5. The van der Waals surface area contributed by atoms with E-state index in [4.69, 9.17) is 0 Å². The largest absolute Gasteiger partial charge is 0.356 e. The number of anilines is 1. The monoisotopic (exact) mass is 255 g/mol. The third-order valence-electron chi connectivity index (χ3n) is 2.09. The minimum Gasteiger partial charge on any atom is -0.356 e. The molecule has 0 spiro atoms. The van der Waals surface area contributed by atoms with Crippen molar-refractivity contribution in [2.45, 2.75) is 4.90 Å². The van der Waals surface area contributed by atoms with Crippen molar-refractivity contribution in [1.82, 2.24) is 9.55 Å². The number of pyridine rings is 1. The van der Waals surface area contributed by atoms with Crippen molar-refractivity contribution in [3.63, 3.8) is 0 Å². The van der Waals surface area contributed by atoms with Crippen LogP contribution < -0.4 is 4.72 Å². The van der Waals surface area contributed by atoms with E-state index in [0.717, 1.165) is 12.3 Å². The zero-order valence-electron chi connectivity index (χ0n) is 8.96. The molecule has 0 saturated carbocycles. The Hall–Kier alpha value is -1.89.